The lowest BCUT2D eigenvalue weighted by molar-refractivity contribution is 0.0595. The molecule has 0 bridgehead atoms. The van der Waals surface area contributed by atoms with Crippen LogP contribution in [0.2, 0.25) is 5.02 Å². The fourth-order valence-electron chi connectivity index (χ4n) is 4.27. The standard InChI is InChI=1S/C22H28ClN3O5S/c1-16-21(32(28,29)26-7-3-4-8-26)14-20(31-16)22(27)25-11-9-24(10-12-25)15-17-13-18(23)5-6-19(17)30-2/h5-6,13-14H,3-4,7-12,15H2,1-2H3. The molecule has 1 aromatic heterocycles. The molecule has 0 radical (unpaired) electrons. The van der Waals surface area contributed by atoms with Gasteiger partial charge in [0.05, 0.1) is 7.11 Å². The first-order valence-corrected chi connectivity index (χ1v) is 12.6. The molecule has 1 aromatic carbocycles. The zero-order chi connectivity index (χ0) is 22.9. The van der Waals surface area contributed by atoms with E-state index in [0.717, 1.165) is 24.2 Å². The van der Waals surface area contributed by atoms with Crippen LogP contribution in [0.3, 0.4) is 0 Å². The van der Waals surface area contributed by atoms with E-state index < -0.39 is 10.0 Å². The van der Waals surface area contributed by atoms with Crippen LogP contribution >= 0.6 is 11.6 Å². The SMILES string of the molecule is COc1ccc(Cl)cc1CN1CCN(C(=O)c2cc(S(=O)(=O)N3CCCC3)c(C)o2)CC1. The number of carbonyl (C=O) groups excluding carboxylic acids is 1. The number of hydrogen-bond acceptors (Lipinski definition) is 6. The Kier molecular flexibility index (Phi) is 6.80. The number of aryl methyl sites for hydroxylation is 1. The number of furan rings is 1. The molecule has 3 heterocycles. The van der Waals surface area contributed by atoms with E-state index in [2.05, 4.69) is 4.90 Å². The van der Waals surface area contributed by atoms with Crippen LogP contribution in [0.5, 0.6) is 5.75 Å². The van der Waals surface area contributed by atoms with E-state index in [1.807, 2.05) is 12.1 Å². The van der Waals surface area contributed by atoms with Crippen LogP contribution in [0.4, 0.5) is 0 Å². The molecule has 0 spiro atoms. The third-order valence-corrected chi connectivity index (χ3v) is 8.30. The molecular formula is C22H28ClN3O5S. The molecule has 174 valence electrons. The van der Waals surface area contributed by atoms with Gasteiger partial charge in [0.1, 0.15) is 16.4 Å². The van der Waals surface area contributed by atoms with E-state index in [4.69, 9.17) is 20.8 Å². The first-order chi connectivity index (χ1) is 15.3. The van der Waals surface area contributed by atoms with Gasteiger partial charge < -0.3 is 14.1 Å². The first-order valence-electron chi connectivity index (χ1n) is 10.7. The summed E-state index contributed by atoms with van der Waals surface area (Å²) in [5.74, 6) is 0.832. The summed E-state index contributed by atoms with van der Waals surface area (Å²) in [5.41, 5.74) is 0.998. The lowest BCUT2D eigenvalue weighted by atomic mass is 10.1. The van der Waals surface area contributed by atoms with E-state index in [-0.39, 0.29) is 22.3 Å². The number of sulfonamides is 1. The molecule has 2 saturated heterocycles. The topological polar surface area (TPSA) is 83.3 Å². The van der Waals surface area contributed by atoms with Gasteiger partial charge in [-0.3, -0.25) is 9.69 Å². The number of hydrogen-bond donors (Lipinski definition) is 0. The Balaban J connectivity index is 1.40. The quantitative estimate of drug-likeness (QED) is 0.630. The molecule has 0 unspecified atom stereocenters. The van der Waals surface area contributed by atoms with Gasteiger partial charge in [0.2, 0.25) is 10.0 Å². The van der Waals surface area contributed by atoms with Gasteiger partial charge >= 0.3 is 0 Å². The van der Waals surface area contributed by atoms with Crippen molar-refractivity contribution in [3.05, 3.63) is 46.4 Å². The van der Waals surface area contributed by atoms with Crippen molar-refractivity contribution in [1.82, 2.24) is 14.1 Å². The summed E-state index contributed by atoms with van der Waals surface area (Å²) in [6.07, 6.45) is 1.71. The molecule has 1 amide bonds. The van der Waals surface area contributed by atoms with E-state index in [1.54, 1.807) is 25.0 Å². The number of piperazine rings is 1. The molecule has 2 aliphatic heterocycles. The van der Waals surface area contributed by atoms with Crippen molar-refractivity contribution in [2.75, 3.05) is 46.4 Å². The highest BCUT2D eigenvalue weighted by molar-refractivity contribution is 7.89. The number of benzene rings is 1. The van der Waals surface area contributed by atoms with Gasteiger partial charge in [-0.1, -0.05) is 11.6 Å². The smallest absolute Gasteiger partial charge is 0.289 e. The van der Waals surface area contributed by atoms with Gasteiger partial charge in [0, 0.05) is 62.5 Å². The van der Waals surface area contributed by atoms with Crippen molar-refractivity contribution in [2.24, 2.45) is 0 Å². The molecule has 8 nitrogen and oxygen atoms in total. The molecule has 4 rings (SSSR count). The minimum atomic E-state index is -3.63. The van der Waals surface area contributed by atoms with Crippen LogP contribution in [0.1, 0.15) is 34.7 Å². The van der Waals surface area contributed by atoms with Crippen molar-refractivity contribution in [3.63, 3.8) is 0 Å². The monoisotopic (exact) mass is 481 g/mol. The maximum atomic E-state index is 13.0. The lowest BCUT2D eigenvalue weighted by Gasteiger charge is -2.34. The van der Waals surface area contributed by atoms with Crippen molar-refractivity contribution in [3.8, 4) is 5.75 Å². The predicted octanol–water partition coefficient (Wildman–Crippen LogP) is 2.99. The van der Waals surface area contributed by atoms with Gasteiger partial charge in [0.15, 0.2) is 5.76 Å². The molecule has 2 fully saturated rings. The van der Waals surface area contributed by atoms with E-state index in [9.17, 15) is 13.2 Å². The minimum absolute atomic E-state index is 0.0743. The van der Waals surface area contributed by atoms with Crippen molar-refractivity contribution in [1.29, 1.82) is 0 Å². The van der Waals surface area contributed by atoms with Crippen LogP contribution in [-0.2, 0) is 16.6 Å². The maximum absolute atomic E-state index is 13.0. The van der Waals surface area contributed by atoms with Gasteiger partial charge in [-0.2, -0.15) is 4.31 Å². The molecule has 2 aromatic rings. The number of methoxy groups -OCH3 is 1. The highest BCUT2D eigenvalue weighted by Crippen LogP contribution is 2.28. The highest BCUT2D eigenvalue weighted by atomic mass is 35.5. The fourth-order valence-corrected chi connectivity index (χ4v) is 6.14. The van der Waals surface area contributed by atoms with Gasteiger partial charge in [-0.25, -0.2) is 8.42 Å². The summed E-state index contributed by atoms with van der Waals surface area (Å²) in [4.78, 5) is 17.0. The average Bonchev–Trinajstić information content (AvgIpc) is 3.45. The van der Waals surface area contributed by atoms with Gasteiger partial charge in [0.25, 0.3) is 5.91 Å². The molecule has 2 aliphatic rings. The highest BCUT2D eigenvalue weighted by Gasteiger charge is 2.33. The second kappa shape index (κ2) is 9.43. The Morgan fingerprint density at radius 3 is 2.44 bits per heavy atom. The summed E-state index contributed by atoms with van der Waals surface area (Å²) in [6.45, 7) is 5.69. The predicted molar refractivity (Wildman–Crippen MR) is 121 cm³/mol. The second-order valence-electron chi connectivity index (χ2n) is 8.17. The fraction of sp³-hybridized carbons (Fsp3) is 0.500. The third-order valence-electron chi connectivity index (χ3n) is 6.06. The number of halogens is 1. The summed E-state index contributed by atoms with van der Waals surface area (Å²) in [7, 11) is -2.00. The summed E-state index contributed by atoms with van der Waals surface area (Å²) < 4.78 is 38.2. The van der Waals surface area contributed by atoms with Crippen LogP contribution in [0.15, 0.2) is 33.6 Å². The van der Waals surface area contributed by atoms with Crippen LogP contribution in [0.25, 0.3) is 0 Å². The van der Waals surface area contributed by atoms with Crippen molar-refractivity contribution in [2.45, 2.75) is 31.2 Å². The number of ether oxygens (including phenoxy) is 1. The van der Waals surface area contributed by atoms with Crippen LogP contribution in [0, 0.1) is 6.92 Å². The second-order valence-corrected chi connectivity index (χ2v) is 10.5. The number of amides is 1. The van der Waals surface area contributed by atoms with Crippen molar-refractivity contribution >= 4 is 27.5 Å². The summed E-state index contributed by atoms with van der Waals surface area (Å²) in [5, 5.41) is 0.655. The zero-order valence-electron chi connectivity index (χ0n) is 18.3. The maximum Gasteiger partial charge on any atom is 0.289 e. The van der Waals surface area contributed by atoms with Crippen LogP contribution < -0.4 is 4.74 Å². The van der Waals surface area contributed by atoms with E-state index in [0.29, 0.717) is 50.8 Å². The zero-order valence-corrected chi connectivity index (χ0v) is 19.9. The molecule has 0 N–H and O–H groups in total. The summed E-state index contributed by atoms with van der Waals surface area (Å²) in [6, 6.07) is 6.93. The lowest BCUT2D eigenvalue weighted by Crippen LogP contribution is -2.48. The Hall–Kier alpha value is -2.07. The Morgan fingerprint density at radius 2 is 1.78 bits per heavy atom. The van der Waals surface area contributed by atoms with Crippen molar-refractivity contribution < 1.29 is 22.4 Å². The normalized spacial score (nSPS) is 18.3. The molecule has 10 heteroatoms. The number of carbonyl (C=O) groups is 1. The van der Waals surface area contributed by atoms with Gasteiger partial charge in [-0.05, 0) is 38.0 Å². The minimum Gasteiger partial charge on any atom is -0.496 e. The molecule has 0 saturated carbocycles. The Bertz CT molecular complexity index is 1090. The van der Waals surface area contributed by atoms with Crippen LogP contribution in [-0.4, -0.2) is 74.8 Å². The number of nitrogens with zero attached hydrogens (tertiary/aromatic N) is 3. The molecule has 32 heavy (non-hydrogen) atoms. The summed E-state index contributed by atoms with van der Waals surface area (Å²) >= 11 is 6.13. The molecule has 0 atom stereocenters. The molecular weight excluding hydrogens is 454 g/mol. The van der Waals surface area contributed by atoms with E-state index >= 15 is 0 Å². The number of rotatable bonds is 6. The Labute approximate surface area is 193 Å². The largest absolute Gasteiger partial charge is 0.496 e. The average molecular weight is 482 g/mol. The van der Waals surface area contributed by atoms with Gasteiger partial charge in [-0.15, -0.1) is 0 Å². The third kappa shape index (κ3) is 4.66. The van der Waals surface area contributed by atoms with E-state index in [1.165, 1.54) is 10.4 Å². The first kappa shape index (κ1) is 23.1. The molecule has 0 aliphatic carbocycles. The Morgan fingerprint density at radius 1 is 1.09 bits per heavy atom.